The minimum Gasteiger partial charge on any atom is -0.350 e. The van der Waals surface area contributed by atoms with Gasteiger partial charge in [0.15, 0.2) is 5.82 Å². The summed E-state index contributed by atoms with van der Waals surface area (Å²) in [4.78, 5) is 16.0. The maximum Gasteiger partial charge on any atom is 0.220 e. The quantitative estimate of drug-likeness (QED) is 0.785. The van der Waals surface area contributed by atoms with Gasteiger partial charge in [-0.3, -0.25) is 4.79 Å². The molecule has 0 saturated heterocycles. The molecule has 0 bridgehead atoms. The summed E-state index contributed by atoms with van der Waals surface area (Å²) in [5.74, 6) is 0.462. The number of fused-ring (bicyclic) bond motifs is 1. The van der Waals surface area contributed by atoms with Gasteiger partial charge in [0.1, 0.15) is 0 Å². The Kier molecular flexibility index (Phi) is 3.91. The van der Waals surface area contributed by atoms with Gasteiger partial charge in [-0.2, -0.15) is 4.98 Å². The molecule has 0 unspecified atom stereocenters. The summed E-state index contributed by atoms with van der Waals surface area (Å²) in [6.45, 7) is 1.83. The number of aromatic nitrogens is 3. The highest BCUT2D eigenvalue weighted by molar-refractivity contribution is 5.85. The van der Waals surface area contributed by atoms with Gasteiger partial charge in [0.05, 0.1) is 6.04 Å². The molecule has 22 heavy (non-hydrogen) atoms. The smallest absolute Gasteiger partial charge is 0.220 e. The lowest BCUT2D eigenvalue weighted by molar-refractivity contribution is -0.121. The van der Waals surface area contributed by atoms with Crippen LogP contribution in [0.1, 0.15) is 30.8 Å². The van der Waals surface area contributed by atoms with Gasteiger partial charge in [-0.25, -0.2) is 0 Å². The highest BCUT2D eigenvalue weighted by Gasteiger charge is 2.14. The Balaban J connectivity index is 1.63. The van der Waals surface area contributed by atoms with Crippen LogP contribution in [0.5, 0.6) is 0 Å². The van der Waals surface area contributed by atoms with Crippen molar-refractivity contribution in [2.24, 2.45) is 7.05 Å². The van der Waals surface area contributed by atoms with E-state index in [2.05, 4.69) is 42.9 Å². The van der Waals surface area contributed by atoms with Crippen molar-refractivity contribution in [2.75, 3.05) is 0 Å². The molecule has 3 aromatic rings. The van der Waals surface area contributed by atoms with Gasteiger partial charge in [-0.05, 0) is 25.0 Å². The molecule has 1 aromatic carbocycles. The molecular formula is C16H18N4O2. The molecule has 3 rings (SSSR count). The van der Waals surface area contributed by atoms with Gasteiger partial charge in [-0.1, -0.05) is 23.4 Å². The Morgan fingerprint density at radius 1 is 1.41 bits per heavy atom. The van der Waals surface area contributed by atoms with Crippen LogP contribution in [0.4, 0.5) is 0 Å². The van der Waals surface area contributed by atoms with Crippen LogP contribution < -0.4 is 5.32 Å². The lowest BCUT2D eigenvalue weighted by atomic mass is 10.1. The van der Waals surface area contributed by atoms with Crippen molar-refractivity contribution < 1.29 is 9.32 Å². The van der Waals surface area contributed by atoms with E-state index in [-0.39, 0.29) is 11.9 Å². The molecule has 6 nitrogen and oxygen atoms in total. The van der Waals surface area contributed by atoms with Crippen LogP contribution in [0.3, 0.4) is 0 Å². The highest BCUT2D eigenvalue weighted by atomic mass is 16.5. The van der Waals surface area contributed by atoms with Gasteiger partial charge in [0.25, 0.3) is 0 Å². The number of amides is 1. The van der Waals surface area contributed by atoms with E-state index in [0.717, 1.165) is 0 Å². The number of nitrogens with zero attached hydrogens (tertiary/aromatic N) is 3. The van der Waals surface area contributed by atoms with E-state index in [1.807, 2.05) is 26.1 Å². The molecule has 0 saturated carbocycles. The maximum absolute atomic E-state index is 12.1. The number of carbonyl (C=O) groups is 1. The summed E-state index contributed by atoms with van der Waals surface area (Å²) in [5.41, 5.74) is 2.36. The van der Waals surface area contributed by atoms with Crippen LogP contribution in [0.2, 0.25) is 0 Å². The standard InChI is InChI=1S/C16H18N4O2/c1-11(16-17-10-22-19-16)18-15(21)8-7-12-9-20(2)14-6-4-3-5-13(12)14/h3-6,9-11H,7-8H2,1-2H3,(H,18,21)/t11-/m0/s1. The van der Waals surface area contributed by atoms with Crippen molar-refractivity contribution in [1.29, 1.82) is 0 Å². The Bertz CT molecular complexity index is 777. The Morgan fingerprint density at radius 2 is 2.23 bits per heavy atom. The average molecular weight is 298 g/mol. The lowest BCUT2D eigenvalue weighted by Gasteiger charge is -2.09. The Labute approximate surface area is 128 Å². The Morgan fingerprint density at radius 3 is 3.00 bits per heavy atom. The van der Waals surface area contributed by atoms with Gasteiger partial charge in [-0.15, -0.1) is 0 Å². The van der Waals surface area contributed by atoms with Gasteiger partial charge >= 0.3 is 0 Å². The first-order chi connectivity index (χ1) is 10.6. The fraction of sp³-hybridized carbons (Fsp3) is 0.312. The van der Waals surface area contributed by atoms with Gasteiger partial charge in [0.2, 0.25) is 12.3 Å². The van der Waals surface area contributed by atoms with Crippen LogP contribution >= 0.6 is 0 Å². The average Bonchev–Trinajstić information content (AvgIpc) is 3.14. The SMILES string of the molecule is C[C@H](NC(=O)CCc1cn(C)c2ccccc12)c1ncon1. The van der Waals surface area contributed by atoms with E-state index < -0.39 is 0 Å². The third-order valence-electron chi connectivity index (χ3n) is 3.74. The minimum atomic E-state index is -0.251. The normalized spacial score (nSPS) is 12.5. The molecule has 2 heterocycles. The first-order valence-corrected chi connectivity index (χ1v) is 7.23. The predicted octanol–water partition coefficient (Wildman–Crippen LogP) is 2.37. The molecule has 1 amide bonds. The second-order valence-electron chi connectivity index (χ2n) is 5.36. The topological polar surface area (TPSA) is 73.0 Å². The zero-order valence-corrected chi connectivity index (χ0v) is 12.6. The molecule has 0 fully saturated rings. The van der Waals surface area contributed by atoms with Crippen LogP contribution in [-0.2, 0) is 18.3 Å². The largest absolute Gasteiger partial charge is 0.350 e. The number of benzene rings is 1. The van der Waals surface area contributed by atoms with Crippen LogP contribution in [0.25, 0.3) is 10.9 Å². The fourth-order valence-corrected chi connectivity index (χ4v) is 2.62. The molecule has 0 radical (unpaired) electrons. The van der Waals surface area contributed by atoms with E-state index in [0.29, 0.717) is 18.7 Å². The second kappa shape index (κ2) is 6.01. The number of aryl methyl sites for hydroxylation is 2. The molecule has 2 aromatic heterocycles. The second-order valence-corrected chi connectivity index (χ2v) is 5.36. The number of hydrogen-bond donors (Lipinski definition) is 1. The van der Waals surface area contributed by atoms with Crippen LogP contribution in [0, 0.1) is 0 Å². The number of para-hydroxylation sites is 1. The maximum atomic E-state index is 12.1. The van der Waals surface area contributed by atoms with Crippen LogP contribution in [0.15, 0.2) is 41.4 Å². The molecule has 0 spiro atoms. The number of nitrogens with one attached hydrogen (secondary N) is 1. The zero-order chi connectivity index (χ0) is 15.5. The zero-order valence-electron chi connectivity index (χ0n) is 12.6. The molecule has 6 heteroatoms. The number of rotatable bonds is 5. The lowest BCUT2D eigenvalue weighted by Crippen LogP contribution is -2.27. The van der Waals surface area contributed by atoms with Crippen molar-refractivity contribution in [2.45, 2.75) is 25.8 Å². The molecule has 0 aliphatic heterocycles. The summed E-state index contributed by atoms with van der Waals surface area (Å²) >= 11 is 0. The first-order valence-electron chi connectivity index (χ1n) is 7.23. The van der Waals surface area contributed by atoms with Crippen molar-refractivity contribution in [3.05, 3.63) is 48.2 Å². The summed E-state index contributed by atoms with van der Waals surface area (Å²) in [6, 6.07) is 7.95. The summed E-state index contributed by atoms with van der Waals surface area (Å²) < 4.78 is 6.77. The van der Waals surface area contributed by atoms with E-state index in [4.69, 9.17) is 0 Å². The molecule has 1 atom stereocenters. The third kappa shape index (κ3) is 2.86. The summed E-state index contributed by atoms with van der Waals surface area (Å²) in [7, 11) is 2.02. The first kappa shape index (κ1) is 14.3. The molecule has 114 valence electrons. The van der Waals surface area contributed by atoms with E-state index in [1.165, 1.54) is 22.9 Å². The van der Waals surface area contributed by atoms with Crippen molar-refractivity contribution in [3.63, 3.8) is 0 Å². The molecule has 1 N–H and O–H groups in total. The van der Waals surface area contributed by atoms with Gasteiger partial charge < -0.3 is 14.4 Å². The molecule has 0 aliphatic carbocycles. The van der Waals surface area contributed by atoms with E-state index >= 15 is 0 Å². The number of carbonyl (C=O) groups excluding carboxylic acids is 1. The highest BCUT2D eigenvalue weighted by Crippen LogP contribution is 2.21. The number of hydrogen-bond acceptors (Lipinski definition) is 4. The predicted molar refractivity (Wildman–Crippen MR) is 82.1 cm³/mol. The molecular weight excluding hydrogens is 280 g/mol. The third-order valence-corrected chi connectivity index (χ3v) is 3.74. The van der Waals surface area contributed by atoms with Crippen molar-refractivity contribution in [3.8, 4) is 0 Å². The molecule has 0 aliphatic rings. The van der Waals surface area contributed by atoms with Crippen molar-refractivity contribution in [1.82, 2.24) is 20.0 Å². The Hall–Kier alpha value is -2.63. The van der Waals surface area contributed by atoms with Gasteiger partial charge in [0, 0.05) is 30.6 Å². The van der Waals surface area contributed by atoms with Crippen LogP contribution in [-0.4, -0.2) is 20.6 Å². The summed E-state index contributed by atoms with van der Waals surface area (Å²) in [5, 5.41) is 7.80. The van der Waals surface area contributed by atoms with E-state index in [1.54, 1.807) is 0 Å². The fourth-order valence-electron chi connectivity index (χ4n) is 2.62. The van der Waals surface area contributed by atoms with Crippen molar-refractivity contribution >= 4 is 16.8 Å². The monoisotopic (exact) mass is 298 g/mol. The summed E-state index contributed by atoms with van der Waals surface area (Å²) in [6.07, 6.45) is 4.47. The van der Waals surface area contributed by atoms with E-state index in [9.17, 15) is 4.79 Å². The minimum absolute atomic E-state index is 0.0229.